The summed E-state index contributed by atoms with van der Waals surface area (Å²) in [5, 5.41) is 9.39. The third-order valence-electron chi connectivity index (χ3n) is 5.43. The van der Waals surface area contributed by atoms with Gasteiger partial charge in [-0.3, -0.25) is 9.69 Å². The second kappa shape index (κ2) is 7.43. The molecule has 3 rings (SSSR count). The summed E-state index contributed by atoms with van der Waals surface area (Å²) in [6.07, 6.45) is 3.49. The van der Waals surface area contributed by atoms with Gasteiger partial charge in [-0.2, -0.15) is 0 Å². The molecule has 2 aliphatic rings. The zero-order chi connectivity index (χ0) is 17.1. The van der Waals surface area contributed by atoms with Gasteiger partial charge in [-0.25, -0.2) is 0 Å². The fraction of sp³-hybridized carbons (Fsp3) is 0.632. The molecule has 2 atom stereocenters. The first-order valence-electron chi connectivity index (χ1n) is 9.12. The Morgan fingerprint density at radius 3 is 2.21 bits per heavy atom. The van der Waals surface area contributed by atoms with Crippen molar-refractivity contribution in [3.05, 3.63) is 24.3 Å². The highest BCUT2D eigenvalue weighted by atomic mass is 16.3. The molecule has 0 aromatic heterocycles. The van der Waals surface area contributed by atoms with E-state index >= 15 is 0 Å². The minimum Gasteiger partial charge on any atom is -0.508 e. The summed E-state index contributed by atoms with van der Waals surface area (Å²) in [6.45, 7) is 8.55. The summed E-state index contributed by atoms with van der Waals surface area (Å²) >= 11 is 0. The third kappa shape index (κ3) is 3.83. The SMILES string of the molecule is C[C@@H]1CCC[C@H](C)N1C(=O)CN1CCN(c2ccc(O)cc2)CC1. The molecular weight excluding hydrogens is 302 g/mol. The van der Waals surface area contributed by atoms with E-state index in [4.69, 9.17) is 0 Å². The van der Waals surface area contributed by atoms with Crippen molar-refractivity contribution in [1.82, 2.24) is 9.80 Å². The normalized spacial score (nSPS) is 25.8. The number of piperazine rings is 1. The van der Waals surface area contributed by atoms with Crippen LogP contribution in [-0.2, 0) is 4.79 Å². The first-order chi connectivity index (χ1) is 11.5. The molecule has 5 nitrogen and oxygen atoms in total. The van der Waals surface area contributed by atoms with Crippen molar-refractivity contribution in [2.24, 2.45) is 0 Å². The number of carbonyl (C=O) groups excluding carboxylic acids is 1. The zero-order valence-electron chi connectivity index (χ0n) is 14.8. The minimum atomic E-state index is 0.285. The molecule has 0 unspecified atom stereocenters. The molecule has 2 saturated heterocycles. The molecule has 0 saturated carbocycles. The molecule has 2 aliphatic heterocycles. The van der Waals surface area contributed by atoms with E-state index < -0.39 is 0 Å². The molecule has 132 valence electrons. The highest BCUT2D eigenvalue weighted by Gasteiger charge is 2.30. The van der Waals surface area contributed by atoms with Crippen molar-refractivity contribution in [3.8, 4) is 5.75 Å². The van der Waals surface area contributed by atoms with Crippen LogP contribution in [0.4, 0.5) is 5.69 Å². The first-order valence-corrected chi connectivity index (χ1v) is 9.12. The smallest absolute Gasteiger partial charge is 0.237 e. The number of aromatic hydroxyl groups is 1. The van der Waals surface area contributed by atoms with Crippen LogP contribution in [0.3, 0.4) is 0 Å². The van der Waals surface area contributed by atoms with Crippen molar-refractivity contribution in [3.63, 3.8) is 0 Å². The highest BCUT2D eigenvalue weighted by Crippen LogP contribution is 2.23. The van der Waals surface area contributed by atoms with Gasteiger partial charge in [0.05, 0.1) is 6.54 Å². The Morgan fingerprint density at radius 1 is 1.04 bits per heavy atom. The Morgan fingerprint density at radius 2 is 1.62 bits per heavy atom. The fourth-order valence-electron chi connectivity index (χ4n) is 4.01. The van der Waals surface area contributed by atoms with Gasteiger partial charge in [0.1, 0.15) is 5.75 Å². The van der Waals surface area contributed by atoms with Crippen LogP contribution in [0, 0.1) is 0 Å². The number of likely N-dealkylation sites (tertiary alicyclic amines) is 1. The van der Waals surface area contributed by atoms with Gasteiger partial charge in [0.25, 0.3) is 0 Å². The second-order valence-electron chi connectivity index (χ2n) is 7.21. The molecule has 24 heavy (non-hydrogen) atoms. The standard InChI is InChI=1S/C19H29N3O2/c1-15-4-3-5-16(2)22(15)19(24)14-20-10-12-21(13-11-20)17-6-8-18(23)9-7-17/h6-9,15-16,23H,3-5,10-14H2,1-2H3/t15-,16+. The van der Waals surface area contributed by atoms with E-state index in [2.05, 4.69) is 28.5 Å². The quantitative estimate of drug-likeness (QED) is 0.923. The number of benzene rings is 1. The minimum absolute atomic E-state index is 0.285. The number of carbonyl (C=O) groups is 1. The molecule has 0 radical (unpaired) electrons. The number of hydrogen-bond donors (Lipinski definition) is 1. The van der Waals surface area contributed by atoms with E-state index in [0.29, 0.717) is 24.4 Å². The van der Waals surface area contributed by atoms with Crippen LogP contribution in [0.1, 0.15) is 33.1 Å². The predicted octanol–water partition coefficient (Wildman–Crippen LogP) is 2.30. The lowest BCUT2D eigenvalue weighted by atomic mass is 9.97. The zero-order valence-corrected chi connectivity index (χ0v) is 14.8. The first kappa shape index (κ1) is 17.1. The van der Waals surface area contributed by atoms with Gasteiger partial charge in [0.2, 0.25) is 5.91 Å². The van der Waals surface area contributed by atoms with Crippen molar-refractivity contribution in [1.29, 1.82) is 0 Å². The third-order valence-corrected chi connectivity index (χ3v) is 5.43. The van der Waals surface area contributed by atoms with E-state index in [9.17, 15) is 9.90 Å². The summed E-state index contributed by atoms with van der Waals surface area (Å²) in [4.78, 5) is 19.4. The van der Waals surface area contributed by atoms with E-state index in [1.54, 1.807) is 12.1 Å². The number of phenolic OH excluding ortho intramolecular Hbond substituents is 1. The molecular formula is C19H29N3O2. The van der Waals surface area contributed by atoms with Gasteiger partial charge in [-0.15, -0.1) is 0 Å². The van der Waals surface area contributed by atoms with E-state index in [1.165, 1.54) is 6.42 Å². The molecule has 1 aromatic carbocycles. The average molecular weight is 331 g/mol. The van der Waals surface area contributed by atoms with Gasteiger partial charge in [0.15, 0.2) is 0 Å². The Hall–Kier alpha value is -1.75. The Kier molecular flexibility index (Phi) is 5.29. The van der Waals surface area contributed by atoms with Gasteiger partial charge in [0, 0.05) is 44.0 Å². The van der Waals surface area contributed by atoms with Crippen molar-refractivity contribution >= 4 is 11.6 Å². The van der Waals surface area contributed by atoms with E-state index in [-0.39, 0.29) is 5.91 Å². The molecule has 0 spiro atoms. The summed E-state index contributed by atoms with van der Waals surface area (Å²) in [5.41, 5.74) is 1.14. The molecule has 0 bridgehead atoms. The topological polar surface area (TPSA) is 47.0 Å². The number of piperidine rings is 1. The van der Waals surface area contributed by atoms with Gasteiger partial charge < -0.3 is 14.9 Å². The molecule has 1 aromatic rings. The molecule has 2 fully saturated rings. The molecule has 5 heteroatoms. The summed E-state index contributed by atoms with van der Waals surface area (Å²) in [5.74, 6) is 0.584. The van der Waals surface area contributed by atoms with E-state index in [0.717, 1.165) is 44.7 Å². The Bertz CT molecular complexity index is 542. The van der Waals surface area contributed by atoms with Gasteiger partial charge in [-0.05, 0) is 57.4 Å². The van der Waals surface area contributed by atoms with Crippen molar-refractivity contribution in [2.45, 2.75) is 45.2 Å². The monoisotopic (exact) mass is 331 g/mol. The number of phenols is 1. The van der Waals surface area contributed by atoms with Crippen LogP contribution in [-0.4, -0.2) is 65.6 Å². The van der Waals surface area contributed by atoms with Crippen LogP contribution < -0.4 is 4.90 Å². The van der Waals surface area contributed by atoms with Crippen LogP contribution in [0.5, 0.6) is 5.75 Å². The van der Waals surface area contributed by atoms with Crippen molar-refractivity contribution in [2.75, 3.05) is 37.6 Å². The molecule has 1 amide bonds. The lowest BCUT2D eigenvalue weighted by Gasteiger charge is -2.41. The number of anilines is 1. The number of hydrogen-bond acceptors (Lipinski definition) is 4. The lowest BCUT2D eigenvalue weighted by molar-refractivity contribution is -0.138. The fourth-order valence-corrected chi connectivity index (χ4v) is 4.01. The second-order valence-corrected chi connectivity index (χ2v) is 7.21. The maximum absolute atomic E-state index is 12.7. The highest BCUT2D eigenvalue weighted by molar-refractivity contribution is 5.79. The average Bonchev–Trinajstić information content (AvgIpc) is 2.56. The predicted molar refractivity (Wildman–Crippen MR) is 96.4 cm³/mol. The van der Waals surface area contributed by atoms with Gasteiger partial charge in [-0.1, -0.05) is 0 Å². The maximum atomic E-state index is 12.7. The number of amides is 1. The maximum Gasteiger partial charge on any atom is 0.237 e. The van der Waals surface area contributed by atoms with E-state index in [1.807, 2.05) is 12.1 Å². The summed E-state index contributed by atoms with van der Waals surface area (Å²) in [7, 11) is 0. The number of nitrogens with zero attached hydrogens (tertiary/aromatic N) is 3. The van der Waals surface area contributed by atoms with Gasteiger partial charge >= 0.3 is 0 Å². The molecule has 2 heterocycles. The number of rotatable bonds is 3. The lowest BCUT2D eigenvalue weighted by Crippen LogP contribution is -2.54. The Balaban J connectivity index is 1.51. The van der Waals surface area contributed by atoms with Crippen molar-refractivity contribution < 1.29 is 9.90 Å². The van der Waals surface area contributed by atoms with Crippen LogP contribution in [0.25, 0.3) is 0 Å². The molecule has 0 aliphatic carbocycles. The largest absolute Gasteiger partial charge is 0.508 e. The van der Waals surface area contributed by atoms with Crippen LogP contribution in [0.2, 0.25) is 0 Å². The molecule has 1 N–H and O–H groups in total. The Labute approximate surface area is 144 Å². The van der Waals surface area contributed by atoms with Crippen LogP contribution >= 0.6 is 0 Å². The summed E-state index contributed by atoms with van der Waals surface area (Å²) in [6, 6.07) is 8.11. The van der Waals surface area contributed by atoms with Crippen LogP contribution in [0.15, 0.2) is 24.3 Å². The summed E-state index contributed by atoms with van der Waals surface area (Å²) < 4.78 is 0.